The Morgan fingerprint density at radius 2 is 2.14 bits per heavy atom. The monoisotopic (exact) mass is 289 g/mol. The molecular formula is C15H19N3O3. The topological polar surface area (TPSA) is 87.4 Å². The first-order valence-corrected chi connectivity index (χ1v) is 6.85. The maximum Gasteiger partial charge on any atom is 0.322 e. The lowest BCUT2D eigenvalue weighted by molar-refractivity contribution is 0.243. The molecule has 6 heteroatoms. The van der Waals surface area contributed by atoms with E-state index in [4.69, 9.17) is 9.63 Å². The zero-order valence-electron chi connectivity index (χ0n) is 11.9. The minimum Gasteiger partial charge on any atom is -0.396 e. The number of anilines is 1. The molecule has 2 rings (SSSR count). The largest absolute Gasteiger partial charge is 0.396 e. The summed E-state index contributed by atoms with van der Waals surface area (Å²) < 4.78 is 4.94. The normalized spacial score (nSPS) is 11.9. The number of hydrogen-bond donors (Lipinski definition) is 3. The Labute approximate surface area is 123 Å². The van der Waals surface area contributed by atoms with Crippen molar-refractivity contribution < 1.29 is 14.4 Å². The molecule has 2 amide bonds. The second-order valence-electron chi connectivity index (χ2n) is 4.76. The molecule has 0 radical (unpaired) electrons. The number of urea groups is 1. The Morgan fingerprint density at radius 3 is 2.76 bits per heavy atom. The number of nitrogens with zero attached hydrogens (tertiary/aromatic N) is 1. The number of benzene rings is 1. The molecule has 0 fully saturated rings. The van der Waals surface area contributed by atoms with Gasteiger partial charge in [0.2, 0.25) is 5.88 Å². The smallest absolute Gasteiger partial charge is 0.322 e. The van der Waals surface area contributed by atoms with Crippen LogP contribution in [0.2, 0.25) is 0 Å². The second-order valence-corrected chi connectivity index (χ2v) is 4.76. The van der Waals surface area contributed by atoms with Gasteiger partial charge in [-0.25, -0.2) is 4.79 Å². The van der Waals surface area contributed by atoms with Crippen LogP contribution in [0.3, 0.4) is 0 Å². The number of aliphatic hydroxyl groups is 1. The predicted molar refractivity (Wildman–Crippen MR) is 78.9 cm³/mol. The Morgan fingerprint density at radius 1 is 1.38 bits per heavy atom. The van der Waals surface area contributed by atoms with E-state index >= 15 is 0 Å². The molecule has 1 aromatic carbocycles. The van der Waals surface area contributed by atoms with Gasteiger partial charge in [0.1, 0.15) is 0 Å². The van der Waals surface area contributed by atoms with Gasteiger partial charge in [0.15, 0.2) is 0 Å². The molecule has 1 atom stereocenters. The number of amides is 2. The molecule has 21 heavy (non-hydrogen) atoms. The van der Waals surface area contributed by atoms with E-state index in [2.05, 4.69) is 15.8 Å². The fraction of sp³-hybridized carbons (Fsp3) is 0.333. The molecule has 0 saturated heterocycles. The van der Waals surface area contributed by atoms with E-state index in [1.54, 1.807) is 13.0 Å². The molecule has 1 heterocycles. The van der Waals surface area contributed by atoms with Crippen molar-refractivity contribution in [2.45, 2.75) is 25.8 Å². The minimum absolute atomic E-state index is 0.0912. The summed E-state index contributed by atoms with van der Waals surface area (Å²) in [7, 11) is 0. The third-order valence-corrected chi connectivity index (χ3v) is 3.02. The van der Waals surface area contributed by atoms with Crippen LogP contribution >= 0.6 is 0 Å². The van der Waals surface area contributed by atoms with Crippen molar-refractivity contribution in [2.24, 2.45) is 0 Å². The zero-order valence-corrected chi connectivity index (χ0v) is 11.9. The van der Waals surface area contributed by atoms with E-state index in [0.717, 1.165) is 5.56 Å². The molecule has 0 aliphatic rings. The first kappa shape index (κ1) is 15.1. The van der Waals surface area contributed by atoms with Gasteiger partial charge in [0.25, 0.3) is 0 Å². The van der Waals surface area contributed by atoms with Crippen LogP contribution in [0.25, 0.3) is 0 Å². The van der Waals surface area contributed by atoms with Crippen LogP contribution in [0.15, 0.2) is 40.9 Å². The van der Waals surface area contributed by atoms with Crippen LogP contribution in [0, 0.1) is 6.92 Å². The van der Waals surface area contributed by atoms with E-state index < -0.39 is 0 Å². The molecule has 1 aromatic heterocycles. The second kappa shape index (κ2) is 7.44. The number of carbonyl (C=O) groups is 1. The average Bonchev–Trinajstić information content (AvgIpc) is 2.89. The van der Waals surface area contributed by atoms with Crippen molar-refractivity contribution in [2.75, 3.05) is 11.9 Å². The lowest BCUT2D eigenvalue weighted by Gasteiger charge is -2.18. The van der Waals surface area contributed by atoms with Gasteiger partial charge < -0.3 is 14.9 Å². The number of hydrogen-bond acceptors (Lipinski definition) is 4. The SMILES string of the molecule is Cc1cc(NC(=O)N[C@@H](CCCO)c2ccccc2)on1. The third-order valence-electron chi connectivity index (χ3n) is 3.02. The molecule has 3 N–H and O–H groups in total. The average molecular weight is 289 g/mol. The summed E-state index contributed by atoms with van der Waals surface area (Å²) in [6.07, 6.45) is 1.27. The van der Waals surface area contributed by atoms with Gasteiger partial charge in [-0.05, 0) is 25.3 Å². The van der Waals surface area contributed by atoms with Gasteiger partial charge in [-0.15, -0.1) is 0 Å². The highest BCUT2D eigenvalue weighted by Crippen LogP contribution is 2.18. The molecule has 0 unspecified atom stereocenters. The molecule has 112 valence electrons. The van der Waals surface area contributed by atoms with E-state index in [9.17, 15) is 4.79 Å². The fourth-order valence-electron chi connectivity index (χ4n) is 2.03. The van der Waals surface area contributed by atoms with E-state index in [1.807, 2.05) is 30.3 Å². The molecule has 6 nitrogen and oxygen atoms in total. The quantitative estimate of drug-likeness (QED) is 0.763. The highest BCUT2D eigenvalue weighted by atomic mass is 16.5. The van der Waals surface area contributed by atoms with Crippen LogP contribution in [-0.2, 0) is 0 Å². The molecule has 0 aliphatic heterocycles. The number of aliphatic hydroxyl groups excluding tert-OH is 1. The van der Waals surface area contributed by atoms with Gasteiger partial charge >= 0.3 is 6.03 Å². The maximum atomic E-state index is 12.0. The van der Waals surface area contributed by atoms with Crippen LogP contribution in [-0.4, -0.2) is 22.9 Å². The Balaban J connectivity index is 1.99. The van der Waals surface area contributed by atoms with Crippen molar-refractivity contribution in [3.8, 4) is 0 Å². The van der Waals surface area contributed by atoms with Crippen molar-refractivity contribution in [1.29, 1.82) is 0 Å². The Hall–Kier alpha value is -2.34. The van der Waals surface area contributed by atoms with Crippen molar-refractivity contribution in [3.63, 3.8) is 0 Å². The zero-order chi connectivity index (χ0) is 15.1. The predicted octanol–water partition coefficient (Wildman–Crippen LogP) is 2.62. The molecule has 2 aromatic rings. The van der Waals surface area contributed by atoms with E-state index in [1.165, 1.54) is 0 Å². The van der Waals surface area contributed by atoms with Crippen molar-refractivity contribution in [3.05, 3.63) is 47.7 Å². The molecule has 0 saturated carbocycles. The fourth-order valence-corrected chi connectivity index (χ4v) is 2.03. The number of aryl methyl sites for hydroxylation is 1. The van der Waals surface area contributed by atoms with Gasteiger partial charge in [-0.3, -0.25) is 5.32 Å². The summed E-state index contributed by atoms with van der Waals surface area (Å²) in [6, 6.07) is 10.8. The third kappa shape index (κ3) is 4.61. The van der Waals surface area contributed by atoms with Crippen LogP contribution in [0.4, 0.5) is 10.7 Å². The van der Waals surface area contributed by atoms with Gasteiger partial charge in [-0.1, -0.05) is 35.5 Å². The van der Waals surface area contributed by atoms with Crippen molar-refractivity contribution in [1.82, 2.24) is 10.5 Å². The number of carbonyl (C=O) groups excluding carboxylic acids is 1. The lowest BCUT2D eigenvalue weighted by atomic mass is 10.0. The molecule has 0 bridgehead atoms. The van der Waals surface area contributed by atoms with Crippen LogP contribution in [0.5, 0.6) is 0 Å². The number of rotatable bonds is 6. The summed E-state index contributed by atoms with van der Waals surface area (Å²) in [5.41, 5.74) is 1.69. The summed E-state index contributed by atoms with van der Waals surface area (Å²) in [4.78, 5) is 12.0. The van der Waals surface area contributed by atoms with Gasteiger partial charge in [-0.2, -0.15) is 0 Å². The van der Waals surface area contributed by atoms with Crippen LogP contribution in [0.1, 0.15) is 30.1 Å². The van der Waals surface area contributed by atoms with Crippen LogP contribution < -0.4 is 10.6 Å². The Kier molecular flexibility index (Phi) is 5.34. The number of aromatic nitrogens is 1. The highest BCUT2D eigenvalue weighted by molar-refractivity contribution is 5.88. The Bertz CT molecular complexity index is 569. The highest BCUT2D eigenvalue weighted by Gasteiger charge is 2.15. The summed E-state index contributed by atoms with van der Waals surface area (Å²) >= 11 is 0. The van der Waals surface area contributed by atoms with Gasteiger partial charge in [0, 0.05) is 12.7 Å². The van der Waals surface area contributed by atoms with Crippen molar-refractivity contribution >= 4 is 11.9 Å². The van der Waals surface area contributed by atoms with E-state index in [-0.39, 0.29) is 18.7 Å². The van der Waals surface area contributed by atoms with Gasteiger partial charge in [0.05, 0.1) is 11.7 Å². The molecule has 0 spiro atoms. The van der Waals surface area contributed by atoms with E-state index in [0.29, 0.717) is 24.4 Å². The first-order chi connectivity index (χ1) is 10.2. The molecule has 0 aliphatic carbocycles. The maximum absolute atomic E-state index is 12.0. The number of nitrogens with one attached hydrogen (secondary N) is 2. The molecular weight excluding hydrogens is 270 g/mol. The summed E-state index contributed by atoms with van der Waals surface area (Å²) in [5.74, 6) is 0.305. The summed E-state index contributed by atoms with van der Waals surface area (Å²) in [5, 5.41) is 18.2. The lowest BCUT2D eigenvalue weighted by Crippen LogP contribution is -2.32. The summed E-state index contributed by atoms with van der Waals surface area (Å²) in [6.45, 7) is 1.87. The standard InChI is InChI=1S/C15H19N3O3/c1-11-10-14(21-18-11)17-15(20)16-13(8-5-9-19)12-6-3-2-4-7-12/h2-4,6-7,10,13,19H,5,8-9H2,1H3,(H2,16,17,20)/t13-/m0/s1. The minimum atomic E-state index is -0.363. The first-order valence-electron chi connectivity index (χ1n) is 6.85.